The van der Waals surface area contributed by atoms with Crippen molar-refractivity contribution < 1.29 is 13.9 Å². The molecular weight excluding hydrogens is 173 g/mol. The Balaban J connectivity index is 2.83. The van der Waals surface area contributed by atoms with Gasteiger partial charge in [0, 0.05) is 12.1 Å². The number of rotatable bonds is 4. The summed E-state index contributed by atoms with van der Waals surface area (Å²) < 4.78 is 17.9. The van der Waals surface area contributed by atoms with Crippen molar-refractivity contribution in [2.75, 3.05) is 7.11 Å². The molecule has 0 aliphatic rings. The molecule has 1 amide bonds. The second-order valence-electron chi connectivity index (χ2n) is 2.46. The average Bonchev–Trinajstić information content (AvgIpc) is 2.17. The van der Waals surface area contributed by atoms with Crippen LogP contribution in [0.25, 0.3) is 0 Å². The maximum Gasteiger partial charge on any atom is 0.207 e. The number of hydrogen-bond donors (Lipinski definition) is 1. The molecule has 0 heterocycles. The van der Waals surface area contributed by atoms with E-state index in [-0.39, 0.29) is 12.4 Å². The molecule has 0 fully saturated rings. The number of halogens is 1. The summed E-state index contributed by atoms with van der Waals surface area (Å²) in [4.78, 5) is 9.98. The van der Waals surface area contributed by atoms with E-state index in [0.29, 0.717) is 17.7 Å². The number of carbonyl (C=O) groups is 1. The van der Waals surface area contributed by atoms with Crippen LogP contribution in [-0.4, -0.2) is 13.5 Å². The molecule has 13 heavy (non-hydrogen) atoms. The maximum atomic E-state index is 13.0. The van der Waals surface area contributed by atoms with Gasteiger partial charge in [-0.2, -0.15) is 0 Å². The van der Waals surface area contributed by atoms with Gasteiger partial charge in [-0.25, -0.2) is 4.39 Å². The van der Waals surface area contributed by atoms with Crippen molar-refractivity contribution >= 4 is 6.41 Å². The Morgan fingerprint density at radius 2 is 2.38 bits per heavy atom. The SMILES string of the molecule is COc1ccc(F)c(CNC=O)c1. The van der Waals surface area contributed by atoms with Crippen LogP contribution >= 0.6 is 0 Å². The van der Waals surface area contributed by atoms with Crippen molar-refractivity contribution in [3.63, 3.8) is 0 Å². The van der Waals surface area contributed by atoms with E-state index in [1.165, 1.54) is 19.2 Å². The van der Waals surface area contributed by atoms with E-state index in [4.69, 9.17) is 4.74 Å². The Bertz CT molecular complexity index is 302. The van der Waals surface area contributed by atoms with Crippen molar-refractivity contribution in [3.8, 4) is 5.75 Å². The smallest absolute Gasteiger partial charge is 0.207 e. The third kappa shape index (κ3) is 2.43. The lowest BCUT2D eigenvalue weighted by atomic mass is 10.2. The molecule has 0 bridgehead atoms. The third-order valence-electron chi connectivity index (χ3n) is 1.63. The minimum absolute atomic E-state index is 0.173. The van der Waals surface area contributed by atoms with E-state index in [9.17, 15) is 9.18 Å². The van der Waals surface area contributed by atoms with Crippen LogP contribution in [0.3, 0.4) is 0 Å². The van der Waals surface area contributed by atoms with Gasteiger partial charge in [0.2, 0.25) is 6.41 Å². The number of nitrogens with one attached hydrogen (secondary N) is 1. The van der Waals surface area contributed by atoms with Gasteiger partial charge in [0.1, 0.15) is 11.6 Å². The van der Waals surface area contributed by atoms with Crippen LogP contribution < -0.4 is 10.1 Å². The van der Waals surface area contributed by atoms with Crippen molar-refractivity contribution in [2.45, 2.75) is 6.54 Å². The predicted molar refractivity (Wildman–Crippen MR) is 45.9 cm³/mol. The van der Waals surface area contributed by atoms with Gasteiger partial charge in [-0.15, -0.1) is 0 Å². The molecule has 1 aromatic carbocycles. The van der Waals surface area contributed by atoms with Crippen LogP contribution in [0, 0.1) is 5.82 Å². The number of carbonyl (C=O) groups excluding carboxylic acids is 1. The molecule has 0 unspecified atom stereocenters. The highest BCUT2D eigenvalue weighted by Crippen LogP contribution is 2.15. The van der Waals surface area contributed by atoms with Gasteiger partial charge in [-0.3, -0.25) is 4.79 Å². The Kier molecular flexibility index (Phi) is 3.25. The van der Waals surface area contributed by atoms with E-state index < -0.39 is 0 Å². The molecule has 0 radical (unpaired) electrons. The molecule has 0 saturated carbocycles. The Morgan fingerprint density at radius 1 is 1.62 bits per heavy atom. The van der Waals surface area contributed by atoms with E-state index in [0.717, 1.165) is 0 Å². The molecule has 0 spiro atoms. The highest BCUT2D eigenvalue weighted by Gasteiger charge is 2.02. The van der Waals surface area contributed by atoms with Crippen molar-refractivity contribution in [1.82, 2.24) is 5.32 Å². The van der Waals surface area contributed by atoms with Gasteiger partial charge < -0.3 is 10.1 Å². The molecule has 0 atom stereocenters. The fraction of sp³-hybridized carbons (Fsp3) is 0.222. The van der Waals surface area contributed by atoms with Crippen LogP contribution in [0.1, 0.15) is 5.56 Å². The zero-order valence-corrected chi connectivity index (χ0v) is 7.21. The normalized spacial score (nSPS) is 9.38. The minimum atomic E-state index is -0.352. The highest BCUT2D eigenvalue weighted by molar-refractivity contribution is 5.46. The molecule has 0 saturated heterocycles. The molecule has 1 rings (SSSR count). The second-order valence-corrected chi connectivity index (χ2v) is 2.46. The third-order valence-corrected chi connectivity index (χ3v) is 1.63. The molecule has 0 aliphatic carbocycles. The summed E-state index contributed by atoms with van der Waals surface area (Å²) in [5.41, 5.74) is 0.409. The van der Waals surface area contributed by atoms with Gasteiger partial charge in [0.05, 0.1) is 7.11 Å². The first-order chi connectivity index (χ1) is 6.27. The Labute approximate surface area is 75.5 Å². The van der Waals surface area contributed by atoms with Crippen LogP contribution in [-0.2, 0) is 11.3 Å². The van der Waals surface area contributed by atoms with Gasteiger partial charge in [0.25, 0.3) is 0 Å². The average molecular weight is 183 g/mol. The number of methoxy groups -OCH3 is 1. The number of benzene rings is 1. The fourth-order valence-corrected chi connectivity index (χ4v) is 0.965. The standard InChI is InChI=1S/C9H10FNO2/c1-13-8-2-3-9(10)7(4-8)5-11-6-12/h2-4,6H,5H2,1H3,(H,11,12). The first kappa shape index (κ1) is 9.51. The van der Waals surface area contributed by atoms with Crippen molar-refractivity contribution in [3.05, 3.63) is 29.6 Å². The van der Waals surface area contributed by atoms with Gasteiger partial charge >= 0.3 is 0 Å². The zero-order valence-electron chi connectivity index (χ0n) is 7.21. The largest absolute Gasteiger partial charge is 0.497 e. The lowest BCUT2D eigenvalue weighted by molar-refractivity contribution is -0.109. The molecule has 0 aromatic heterocycles. The van der Waals surface area contributed by atoms with E-state index in [1.807, 2.05) is 0 Å². The number of ether oxygens (including phenoxy) is 1. The lowest BCUT2D eigenvalue weighted by Crippen LogP contribution is -2.11. The molecule has 4 heteroatoms. The fourth-order valence-electron chi connectivity index (χ4n) is 0.965. The van der Waals surface area contributed by atoms with Crippen LogP contribution in [0.15, 0.2) is 18.2 Å². The first-order valence-electron chi connectivity index (χ1n) is 3.77. The number of amides is 1. The highest BCUT2D eigenvalue weighted by atomic mass is 19.1. The quantitative estimate of drug-likeness (QED) is 0.709. The second kappa shape index (κ2) is 4.45. The zero-order chi connectivity index (χ0) is 9.68. The molecule has 70 valence electrons. The topological polar surface area (TPSA) is 38.3 Å². The Morgan fingerprint density at radius 3 is 3.00 bits per heavy atom. The molecule has 3 nitrogen and oxygen atoms in total. The predicted octanol–water partition coefficient (Wildman–Crippen LogP) is 1.08. The van der Waals surface area contributed by atoms with Gasteiger partial charge in [-0.1, -0.05) is 0 Å². The van der Waals surface area contributed by atoms with Crippen molar-refractivity contribution in [1.29, 1.82) is 0 Å². The summed E-state index contributed by atoms with van der Waals surface area (Å²) in [7, 11) is 1.50. The van der Waals surface area contributed by atoms with Gasteiger partial charge in [-0.05, 0) is 18.2 Å². The Hall–Kier alpha value is -1.58. The summed E-state index contributed by atoms with van der Waals surface area (Å²) in [6, 6.07) is 4.38. The van der Waals surface area contributed by atoms with E-state index >= 15 is 0 Å². The summed E-state index contributed by atoms with van der Waals surface area (Å²) in [5.74, 6) is 0.222. The maximum absolute atomic E-state index is 13.0. The summed E-state index contributed by atoms with van der Waals surface area (Å²) in [6.07, 6.45) is 0.527. The minimum Gasteiger partial charge on any atom is -0.497 e. The molecule has 1 aromatic rings. The summed E-state index contributed by atoms with van der Waals surface area (Å²) >= 11 is 0. The molecule has 1 N–H and O–H groups in total. The van der Waals surface area contributed by atoms with Gasteiger partial charge in [0.15, 0.2) is 0 Å². The van der Waals surface area contributed by atoms with Crippen LogP contribution in [0.4, 0.5) is 4.39 Å². The number of hydrogen-bond acceptors (Lipinski definition) is 2. The summed E-state index contributed by atoms with van der Waals surface area (Å²) in [6.45, 7) is 0.173. The van der Waals surface area contributed by atoms with E-state index in [1.54, 1.807) is 6.07 Å². The molecule has 0 aliphatic heterocycles. The lowest BCUT2D eigenvalue weighted by Gasteiger charge is -2.04. The summed E-state index contributed by atoms with van der Waals surface area (Å²) in [5, 5.41) is 2.38. The van der Waals surface area contributed by atoms with Crippen LogP contribution in [0.2, 0.25) is 0 Å². The van der Waals surface area contributed by atoms with E-state index in [2.05, 4.69) is 5.32 Å². The van der Waals surface area contributed by atoms with Crippen molar-refractivity contribution in [2.24, 2.45) is 0 Å². The van der Waals surface area contributed by atoms with Crippen LogP contribution in [0.5, 0.6) is 5.75 Å². The first-order valence-corrected chi connectivity index (χ1v) is 3.77. The molecular formula is C9H10FNO2. The monoisotopic (exact) mass is 183 g/mol.